The summed E-state index contributed by atoms with van der Waals surface area (Å²) in [6.45, 7) is 2.66. The monoisotopic (exact) mass is 1250 g/mol. The first-order valence-corrected chi connectivity index (χ1v) is 24.9. The van der Waals surface area contributed by atoms with Crippen LogP contribution in [0.1, 0.15) is 34.2 Å². The largest absolute Gasteiger partial charge is 2.00 e. The Balaban J connectivity index is 0.00000121. The third kappa shape index (κ3) is 32.1. The summed E-state index contributed by atoms with van der Waals surface area (Å²) < 4.78 is 78.7. The fraction of sp³-hybridized carbons (Fsp3) is 0.216. The minimum atomic E-state index is -4.94. The van der Waals surface area contributed by atoms with Crippen LogP contribution >= 0.6 is 0 Å². The van der Waals surface area contributed by atoms with E-state index in [9.17, 15) is 19.8 Å². The van der Waals surface area contributed by atoms with Crippen molar-refractivity contribution in [2.75, 3.05) is 34.5 Å². The summed E-state index contributed by atoms with van der Waals surface area (Å²) in [6.07, 6.45) is 7.12. The molecule has 6 heterocycles. The van der Waals surface area contributed by atoms with Crippen molar-refractivity contribution < 1.29 is 141 Å². The Morgan fingerprint density at radius 3 is 0.900 bits per heavy atom. The average Bonchev–Trinajstić information content (AvgIpc) is 3.42. The Kier molecular flexibility index (Phi) is 37.6. The first-order valence-electron chi connectivity index (χ1n) is 22.4. The Bertz CT molecular complexity index is 2640. The van der Waals surface area contributed by atoms with Crippen molar-refractivity contribution in [1.29, 1.82) is 0 Å². The molecule has 8 aromatic rings. The summed E-state index contributed by atoms with van der Waals surface area (Å²) in [4.78, 5) is 53.3. The minimum absolute atomic E-state index is 0. The van der Waals surface area contributed by atoms with Gasteiger partial charge < -0.3 is 44.6 Å². The molecule has 0 aliphatic rings. The van der Waals surface area contributed by atoms with Gasteiger partial charge in [0.05, 0.1) is 46.1 Å². The van der Waals surface area contributed by atoms with Crippen molar-refractivity contribution in [1.82, 2.24) is 39.7 Å². The summed E-state index contributed by atoms with van der Waals surface area (Å²) in [6, 6.07) is 42.1. The van der Waals surface area contributed by atoms with Crippen LogP contribution in [0.2, 0.25) is 0 Å². The van der Waals surface area contributed by atoms with Crippen molar-refractivity contribution in [2.45, 2.75) is 39.3 Å². The van der Waals surface area contributed by atoms with Gasteiger partial charge in [0.15, 0.2) is 0 Å². The van der Waals surface area contributed by atoms with Crippen molar-refractivity contribution in [3.8, 4) is 11.5 Å². The number of ether oxygens (including phenoxy) is 2. The second-order valence-corrected chi connectivity index (χ2v) is 16.4. The Morgan fingerprint density at radius 1 is 0.400 bits per heavy atom. The van der Waals surface area contributed by atoms with Crippen molar-refractivity contribution in [2.24, 2.45) is 0 Å². The maximum absolute atomic E-state index is 10.8. The third-order valence-electron chi connectivity index (χ3n) is 9.39. The van der Waals surface area contributed by atoms with Gasteiger partial charge in [0, 0.05) is 96.2 Å². The summed E-state index contributed by atoms with van der Waals surface area (Å²) in [7, 11) is -6.89. The van der Waals surface area contributed by atoms with E-state index in [-0.39, 0.29) is 39.0 Å². The molecule has 3 N–H and O–H groups in total. The third-order valence-corrected chi connectivity index (χ3v) is 9.39. The average molecular weight is 1250 g/mol. The number of para-hydroxylation sites is 2. The predicted molar refractivity (Wildman–Crippen MR) is 252 cm³/mol. The van der Waals surface area contributed by atoms with E-state index in [4.69, 9.17) is 72.0 Å². The molecule has 25 nitrogen and oxygen atoms in total. The van der Waals surface area contributed by atoms with Gasteiger partial charge in [-0.2, -0.15) is 0 Å². The summed E-state index contributed by atoms with van der Waals surface area (Å²) in [5, 5.41) is 44.3. The normalized spacial score (nSPS) is 10.2. The number of hydrogen-bond acceptors (Lipinski definition) is 25. The zero-order chi connectivity index (χ0) is 57.9. The molecular formula is C51H54Cl2N8O17Zn2. The Hall–Kier alpha value is -6.29. The van der Waals surface area contributed by atoms with Gasteiger partial charge in [0.1, 0.15) is 35.7 Å². The number of halogens is 2. The molecule has 80 heavy (non-hydrogen) atoms. The van der Waals surface area contributed by atoms with Gasteiger partial charge in [-0.25, -0.2) is 47.2 Å². The Morgan fingerprint density at radius 2 is 0.662 bits per heavy atom. The summed E-state index contributed by atoms with van der Waals surface area (Å²) >= 11 is 0. The van der Waals surface area contributed by atoms with Crippen LogP contribution in [0.5, 0.6) is 11.5 Å². The van der Waals surface area contributed by atoms with Crippen molar-refractivity contribution in [3.63, 3.8) is 0 Å². The van der Waals surface area contributed by atoms with Gasteiger partial charge in [-0.3, -0.25) is 29.7 Å². The van der Waals surface area contributed by atoms with E-state index in [1.807, 2.05) is 121 Å². The molecule has 0 fully saturated rings. The SMILES string of the molecule is CO.CO.CO.O=C([O-])COc1cccc2ccc(CN(Cc3ccccn3)Cc3ccccn3)nc12.O=C([O-])COc1cccc2ccc(CN(Cc3ccccn3)Cc3ccccn3)nc12.[O-][Cl+3]([O-])([O-])[O-].[O-][Cl+3]([O-])([O-])[O-].[Zn+2].[Zn+2]. The van der Waals surface area contributed by atoms with Crippen LogP contribution in [0.25, 0.3) is 21.8 Å². The molecular weight excluding hydrogens is 1200 g/mol. The van der Waals surface area contributed by atoms with Crippen LogP contribution in [0.15, 0.2) is 158 Å². The molecule has 0 atom stereocenters. The van der Waals surface area contributed by atoms with Gasteiger partial charge in [-0.05, 0) is 72.8 Å². The molecule has 0 radical (unpaired) electrons. The molecule has 0 saturated carbocycles. The van der Waals surface area contributed by atoms with E-state index in [0.717, 1.165) is 66.3 Å². The molecule has 0 amide bonds. The molecule has 0 unspecified atom stereocenters. The van der Waals surface area contributed by atoms with E-state index in [0.29, 0.717) is 61.8 Å². The first-order chi connectivity index (χ1) is 37.3. The van der Waals surface area contributed by atoms with Crippen molar-refractivity contribution in [3.05, 3.63) is 192 Å². The van der Waals surface area contributed by atoms with Crippen LogP contribution < -0.4 is 57.0 Å². The first kappa shape index (κ1) is 73.7. The molecule has 8 rings (SSSR count). The van der Waals surface area contributed by atoms with E-state index < -0.39 is 45.6 Å². The number of rotatable bonds is 18. The smallest absolute Gasteiger partial charge is 0.546 e. The van der Waals surface area contributed by atoms with Gasteiger partial charge in [-0.1, -0.05) is 60.7 Å². The molecule has 0 saturated heterocycles. The number of aliphatic hydroxyl groups is 3. The molecule has 6 aromatic heterocycles. The van der Waals surface area contributed by atoms with E-state index in [1.54, 1.807) is 36.9 Å². The molecule has 2 aromatic carbocycles. The number of carbonyl (C=O) groups excluding carboxylic acids is 2. The molecule has 29 heteroatoms. The van der Waals surface area contributed by atoms with Crippen LogP contribution in [-0.4, -0.2) is 102 Å². The zero-order valence-corrected chi connectivity index (χ0v) is 50.9. The maximum atomic E-state index is 10.8. The van der Waals surface area contributed by atoms with Gasteiger partial charge in [0.2, 0.25) is 0 Å². The molecule has 0 bridgehead atoms. The van der Waals surface area contributed by atoms with E-state index in [2.05, 4.69) is 29.7 Å². The number of pyridine rings is 6. The zero-order valence-electron chi connectivity index (χ0n) is 43.5. The fourth-order valence-electron chi connectivity index (χ4n) is 6.68. The fourth-order valence-corrected chi connectivity index (χ4v) is 6.68. The van der Waals surface area contributed by atoms with Gasteiger partial charge in [0.25, 0.3) is 0 Å². The quantitative estimate of drug-likeness (QED) is 0.0673. The molecule has 0 aliphatic heterocycles. The number of aliphatic carboxylic acids is 2. The number of aromatic nitrogens is 6. The Labute approximate surface area is 489 Å². The van der Waals surface area contributed by atoms with E-state index in [1.165, 1.54) is 0 Å². The van der Waals surface area contributed by atoms with Gasteiger partial charge >= 0.3 is 39.0 Å². The number of hydrogen-bond donors (Lipinski definition) is 3. The second kappa shape index (κ2) is 40.8. The topological polar surface area (TPSA) is 428 Å². The molecule has 418 valence electrons. The number of carboxylic acids is 2. The second-order valence-electron chi connectivity index (χ2n) is 14.9. The number of fused-ring (bicyclic) bond motifs is 2. The summed E-state index contributed by atoms with van der Waals surface area (Å²) in [5.74, 6) is -1.70. The molecule has 0 spiro atoms. The van der Waals surface area contributed by atoms with Crippen LogP contribution in [-0.2, 0) is 87.8 Å². The number of carbonyl (C=O) groups is 2. The van der Waals surface area contributed by atoms with E-state index >= 15 is 0 Å². The van der Waals surface area contributed by atoms with Crippen LogP contribution in [0.3, 0.4) is 0 Å². The number of benzene rings is 2. The van der Waals surface area contributed by atoms with Crippen molar-refractivity contribution >= 4 is 33.7 Å². The maximum Gasteiger partial charge on any atom is 2.00 e. The minimum Gasteiger partial charge on any atom is -0.546 e. The standard InChI is InChI=1S/2C24H22N4O3.3CH4O.2ClHO4.2Zn/c2*29-23(30)17-31-22-9-5-6-18-10-11-21(27-24(18)22)16-28(14-19-7-1-3-12-25-19)15-20-8-2-4-13-26-20;3*1-2;2*2-1(3,4)5;;/h2*1-13H,14-17H2,(H,29,30);3*2H,1H3;2*(H,2,3,4,5);;/q;;;;;;;2*+2/p-4. The van der Waals surface area contributed by atoms with Crippen LogP contribution in [0, 0.1) is 20.5 Å². The number of aliphatic hydroxyl groups excluding tert-OH is 3. The number of carboxylic acid groups (broad SMARTS) is 2. The predicted octanol–water partition coefficient (Wildman–Crippen LogP) is -5.98. The molecule has 0 aliphatic carbocycles. The number of nitrogens with zero attached hydrogens (tertiary/aromatic N) is 8. The van der Waals surface area contributed by atoms with Gasteiger partial charge in [-0.15, -0.1) is 20.5 Å². The van der Waals surface area contributed by atoms with Crippen LogP contribution in [0.4, 0.5) is 0 Å². The summed E-state index contributed by atoms with van der Waals surface area (Å²) in [5.41, 5.74) is 6.74.